The topological polar surface area (TPSA) is 61.3 Å². The number of aromatic nitrogens is 2. The summed E-state index contributed by atoms with van der Waals surface area (Å²) in [6, 6.07) is 23.2. The Bertz CT molecular complexity index is 1210. The average molecular weight is 431 g/mol. The van der Waals surface area contributed by atoms with E-state index >= 15 is 0 Å². The molecule has 31 heavy (non-hydrogen) atoms. The van der Waals surface area contributed by atoms with E-state index in [0.717, 1.165) is 27.3 Å². The summed E-state index contributed by atoms with van der Waals surface area (Å²) in [5.74, 6) is 2.07. The number of nitrogens with zero attached hydrogens (tertiary/aromatic N) is 2. The second kappa shape index (κ2) is 9.62. The van der Waals surface area contributed by atoms with Crippen LogP contribution in [0.15, 0.2) is 77.8 Å². The fraction of sp³-hybridized carbons (Fsp3) is 0.160. The Hall–Kier alpha value is -3.38. The van der Waals surface area contributed by atoms with Crippen LogP contribution in [0.5, 0.6) is 11.5 Å². The molecule has 0 saturated carbocycles. The summed E-state index contributed by atoms with van der Waals surface area (Å²) in [7, 11) is 3.13. The Morgan fingerprint density at radius 3 is 2.45 bits per heavy atom. The smallest absolute Gasteiger partial charge is 0.176 e. The molecule has 1 aromatic heterocycles. The number of methoxy groups -OCH3 is 2. The van der Waals surface area contributed by atoms with E-state index in [1.807, 2.05) is 42.5 Å². The summed E-state index contributed by atoms with van der Waals surface area (Å²) in [5, 5.41) is 1.74. The van der Waals surface area contributed by atoms with Gasteiger partial charge in [-0.2, -0.15) is 0 Å². The van der Waals surface area contributed by atoms with Gasteiger partial charge in [-0.1, -0.05) is 60.3 Å². The Morgan fingerprint density at radius 2 is 1.68 bits per heavy atom. The van der Waals surface area contributed by atoms with Crippen LogP contribution < -0.4 is 9.47 Å². The van der Waals surface area contributed by atoms with Gasteiger partial charge in [0.05, 0.1) is 31.1 Å². The Kier molecular flexibility index (Phi) is 6.48. The largest absolute Gasteiger partial charge is 0.497 e. The number of hydrogen-bond donors (Lipinski definition) is 0. The Morgan fingerprint density at radius 1 is 0.903 bits per heavy atom. The predicted molar refractivity (Wildman–Crippen MR) is 123 cm³/mol. The third kappa shape index (κ3) is 4.86. The summed E-state index contributed by atoms with van der Waals surface area (Å²) in [4.78, 5) is 22.5. The van der Waals surface area contributed by atoms with Crippen LogP contribution in [0.4, 0.5) is 0 Å². The van der Waals surface area contributed by atoms with Crippen molar-refractivity contribution in [2.75, 3.05) is 20.0 Å². The minimum Gasteiger partial charge on any atom is -0.497 e. The van der Waals surface area contributed by atoms with Gasteiger partial charge in [0.25, 0.3) is 0 Å². The number of fused-ring (bicyclic) bond motifs is 1. The van der Waals surface area contributed by atoms with Gasteiger partial charge in [0, 0.05) is 11.8 Å². The lowest BCUT2D eigenvalue weighted by Crippen LogP contribution is -2.06. The molecule has 4 rings (SSSR count). The monoisotopic (exact) mass is 430 g/mol. The van der Waals surface area contributed by atoms with E-state index in [-0.39, 0.29) is 11.5 Å². The Labute approximate surface area is 185 Å². The molecule has 1 heterocycles. The zero-order valence-corrected chi connectivity index (χ0v) is 18.2. The van der Waals surface area contributed by atoms with Gasteiger partial charge in [-0.25, -0.2) is 9.97 Å². The molecule has 0 amide bonds. The molecule has 0 unspecified atom stereocenters. The molecule has 0 aliphatic rings. The molecular weight excluding hydrogens is 408 g/mol. The van der Waals surface area contributed by atoms with Crippen LogP contribution >= 0.6 is 11.8 Å². The maximum atomic E-state index is 13.0. The highest BCUT2D eigenvalue weighted by atomic mass is 32.2. The van der Waals surface area contributed by atoms with Gasteiger partial charge in [0.2, 0.25) is 0 Å². The highest BCUT2D eigenvalue weighted by Crippen LogP contribution is 2.29. The molecule has 0 spiro atoms. The first-order valence-electron chi connectivity index (χ1n) is 9.85. The molecule has 5 nitrogen and oxygen atoms in total. The van der Waals surface area contributed by atoms with Crippen molar-refractivity contribution >= 4 is 28.4 Å². The van der Waals surface area contributed by atoms with Crippen LogP contribution in [0, 0.1) is 0 Å². The highest BCUT2D eigenvalue weighted by molar-refractivity contribution is 8.00. The van der Waals surface area contributed by atoms with Gasteiger partial charge in [-0.3, -0.25) is 4.79 Å². The van der Waals surface area contributed by atoms with Crippen molar-refractivity contribution in [3.63, 3.8) is 0 Å². The van der Waals surface area contributed by atoms with E-state index in [1.165, 1.54) is 11.8 Å². The number of Topliss-reactive ketones (excluding diaryl/α,β-unsaturated/α-hetero) is 1. The minimum atomic E-state index is -0.0481. The number of rotatable bonds is 8. The van der Waals surface area contributed by atoms with Crippen LogP contribution in [-0.4, -0.2) is 35.7 Å². The minimum absolute atomic E-state index is 0.0481. The lowest BCUT2D eigenvalue weighted by Gasteiger charge is -2.11. The van der Waals surface area contributed by atoms with Gasteiger partial charge >= 0.3 is 0 Å². The van der Waals surface area contributed by atoms with Crippen LogP contribution in [0.25, 0.3) is 10.9 Å². The molecular formula is C25H22N2O3S. The first-order chi connectivity index (χ1) is 15.2. The number of benzene rings is 3. The van der Waals surface area contributed by atoms with Crippen molar-refractivity contribution < 1.29 is 14.3 Å². The second-order valence-electron chi connectivity index (χ2n) is 6.90. The summed E-state index contributed by atoms with van der Waals surface area (Å²) >= 11 is 1.41. The van der Waals surface area contributed by atoms with E-state index in [1.54, 1.807) is 32.4 Å². The molecule has 3 aromatic carbocycles. The lowest BCUT2D eigenvalue weighted by atomic mass is 10.1. The number of carbonyl (C=O) groups is 1. The molecule has 0 bridgehead atoms. The normalized spacial score (nSPS) is 10.8. The van der Waals surface area contributed by atoms with Crippen molar-refractivity contribution in [2.45, 2.75) is 11.4 Å². The molecule has 0 atom stereocenters. The average Bonchev–Trinajstić information content (AvgIpc) is 2.82. The zero-order chi connectivity index (χ0) is 21.6. The quantitative estimate of drug-likeness (QED) is 0.217. The summed E-state index contributed by atoms with van der Waals surface area (Å²) in [6.07, 6.45) is 0.636. The molecule has 0 saturated heterocycles. The molecule has 4 aromatic rings. The molecule has 0 aliphatic heterocycles. The highest BCUT2D eigenvalue weighted by Gasteiger charge is 2.16. The van der Waals surface area contributed by atoms with Gasteiger partial charge in [0.15, 0.2) is 5.78 Å². The molecule has 0 aliphatic carbocycles. The molecule has 0 N–H and O–H groups in total. The third-order valence-corrected chi connectivity index (χ3v) is 5.86. The van der Waals surface area contributed by atoms with E-state index in [0.29, 0.717) is 23.5 Å². The van der Waals surface area contributed by atoms with Crippen molar-refractivity contribution in [3.8, 4) is 11.5 Å². The summed E-state index contributed by atoms with van der Waals surface area (Å²) < 4.78 is 10.6. The van der Waals surface area contributed by atoms with Gasteiger partial charge in [0.1, 0.15) is 22.3 Å². The molecule has 156 valence electrons. The summed E-state index contributed by atoms with van der Waals surface area (Å²) in [5.41, 5.74) is 2.51. The number of ether oxygens (including phenoxy) is 2. The standard InChI is InChI=1S/C25H22N2O3S/c1-29-18-12-13-23(30-2)20(15-18)22(28)16-31-25-19-10-6-7-11-21(19)26-24(27-25)14-17-8-4-3-5-9-17/h3-13,15H,14,16H2,1-2H3. The number of ketones is 1. The van der Waals surface area contributed by atoms with E-state index in [2.05, 4.69) is 12.1 Å². The lowest BCUT2D eigenvalue weighted by molar-refractivity contribution is 0.101. The fourth-order valence-electron chi connectivity index (χ4n) is 3.30. The first kappa shape index (κ1) is 20.9. The number of carbonyl (C=O) groups excluding carboxylic acids is 1. The van der Waals surface area contributed by atoms with Crippen molar-refractivity contribution in [2.24, 2.45) is 0 Å². The van der Waals surface area contributed by atoms with Crippen LogP contribution in [0.2, 0.25) is 0 Å². The number of hydrogen-bond acceptors (Lipinski definition) is 6. The predicted octanol–water partition coefficient (Wildman–Crippen LogP) is 5.21. The fourth-order valence-corrected chi connectivity index (χ4v) is 4.23. The van der Waals surface area contributed by atoms with E-state index < -0.39 is 0 Å². The first-order valence-corrected chi connectivity index (χ1v) is 10.8. The van der Waals surface area contributed by atoms with Gasteiger partial charge in [-0.15, -0.1) is 0 Å². The van der Waals surface area contributed by atoms with Crippen LogP contribution in [0.1, 0.15) is 21.7 Å². The van der Waals surface area contributed by atoms with Crippen molar-refractivity contribution in [1.29, 1.82) is 0 Å². The number of para-hydroxylation sites is 1. The van der Waals surface area contributed by atoms with Crippen LogP contribution in [0.3, 0.4) is 0 Å². The molecule has 0 fully saturated rings. The third-order valence-electron chi connectivity index (χ3n) is 4.87. The zero-order valence-electron chi connectivity index (χ0n) is 17.4. The summed E-state index contributed by atoms with van der Waals surface area (Å²) in [6.45, 7) is 0. The Balaban J connectivity index is 1.61. The maximum absolute atomic E-state index is 13.0. The van der Waals surface area contributed by atoms with Gasteiger partial charge in [-0.05, 0) is 29.8 Å². The molecule has 6 heteroatoms. The number of thioether (sulfide) groups is 1. The maximum Gasteiger partial charge on any atom is 0.176 e. The second-order valence-corrected chi connectivity index (χ2v) is 7.87. The van der Waals surface area contributed by atoms with E-state index in [4.69, 9.17) is 19.4 Å². The van der Waals surface area contributed by atoms with Crippen molar-refractivity contribution in [3.05, 3.63) is 89.7 Å². The van der Waals surface area contributed by atoms with Crippen molar-refractivity contribution in [1.82, 2.24) is 9.97 Å². The van der Waals surface area contributed by atoms with Gasteiger partial charge < -0.3 is 9.47 Å². The molecule has 0 radical (unpaired) electrons. The SMILES string of the molecule is COc1ccc(OC)c(C(=O)CSc2nc(Cc3ccccc3)nc3ccccc23)c1. The van der Waals surface area contributed by atoms with E-state index in [9.17, 15) is 4.79 Å². The van der Waals surface area contributed by atoms with Crippen LogP contribution in [-0.2, 0) is 6.42 Å².